The Balaban J connectivity index is 1.77. The van der Waals surface area contributed by atoms with Crippen LogP contribution in [0.4, 0.5) is 5.13 Å². The number of carbonyl (C=O) groups is 1. The maximum Gasteiger partial charge on any atom is 0.297 e. The molecule has 160 valence electrons. The number of amides is 1. The van der Waals surface area contributed by atoms with Gasteiger partial charge in [-0.15, -0.1) is 10.2 Å². The van der Waals surface area contributed by atoms with Gasteiger partial charge in [0.05, 0.1) is 17.0 Å². The van der Waals surface area contributed by atoms with Crippen LogP contribution in [0.1, 0.15) is 32.7 Å². The third-order valence-corrected chi connectivity index (χ3v) is 6.17. The summed E-state index contributed by atoms with van der Waals surface area (Å²) in [4.78, 5) is 28.5. The molecule has 0 radical (unpaired) electrons. The second-order valence-corrected chi connectivity index (χ2v) is 8.76. The van der Waals surface area contributed by atoms with Crippen molar-refractivity contribution in [3.8, 4) is 5.75 Å². The SMILES string of the molecule is C=CCOc1cccc([C@H]2c3c(oc4ccc(Cl)cc4c3=O)C(=O)N2c2nnc(C)s2)c1. The predicted octanol–water partition coefficient (Wildman–Crippen LogP) is 4.92. The average Bonchev–Trinajstić information content (AvgIpc) is 3.34. The highest BCUT2D eigenvalue weighted by atomic mass is 35.5. The minimum Gasteiger partial charge on any atom is -0.490 e. The van der Waals surface area contributed by atoms with Crippen LogP contribution in [0, 0.1) is 6.92 Å². The molecule has 3 heterocycles. The molecule has 0 unspecified atom stereocenters. The molecule has 7 nitrogen and oxygen atoms in total. The standard InChI is InChI=1S/C23H16ClN3O4S/c1-3-9-30-15-6-4-5-13(10-15)19-18-20(28)16-11-14(24)7-8-17(16)31-21(18)22(29)27(19)23-26-25-12(2)32-23/h3-8,10-11,19H,1,9H2,2H3/t19-/m0/s1. The summed E-state index contributed by atoms with van der Waals surface area (Å²) in [5.74, 6) is 0.123. The first-order valence-corrected chi connectivity index (χ1v) is 10.9. The van der Waals surface area contributed by atoms with E-state index < -0.39 is 11.9 Å². The van der Waals surface area contributed by atoms with Crippen molar-refractivity contribution in [2.24, 2.45) is 0 Å². The molecule has 1 aliphatic rings. The number of hydrogen-bond acceptors (Lipinski definition) is 7. The first-order chi connectivity index (χ1) is 15.5. The van der Waals surface area contributed by atoms with Crippen LogP contribution in [0.15, 0.2) is 64.3 Å². The lowest BCUT2D eigenvalue weighted by Crippen LogP contribution is -2.29. The number of benzene rings is 2. The van der Waals surface area contributed by atoms with Crippen LogP contribution >= 0.6 is 22.9 Å². The van der Waals surface area contributed by atoms with Gasteiger partial charge >= 0.3 is 0 Å². The quantitative estimate of drug-likeness (QED) is 0.389. The van der Waals surface area contributed by atoms with Gasteiger partial charge in [0, 0.05) is 5.02 Å². The van der Waals surface area contributed by atoms with Gasteiger partial charge in [-0.25, -0.2) is 0 Å². The molecule has 1 amide bonds. The first-order valence-electron chi connectivity index (χ1n) is 9.71. The van der Waals surface area contributed by atoms with E-state index in [1.54, 1.807) is 49.4 Å². The highest BCUT2D eigenvalue weighted by Crippen LogP contribution is 2.42. The van der Waals surface area contributed by atoms with E-state index >= 15 is 0 Å². The van der Waals surface area contributed by atoms with E-state index in [4.69, 9.17) is 20.8 Å². The topological polar surface area (TPSA) is 85.5 Å². The minimum atomic E-state index is -0.753. The summed E-state index contributed by atoms with van der Waals surface area (Å²) in [5, 5.41) is 9.99. The largest absolute Gasteiger partial charge is 0.490 e. The molecular weight excluding hydrogens is 450 g/mol. The van der Waals surface area contributed by atoms with Crippen molar-refractivity contribution < 1.29 is 13.9 Å². The molecule has 0 bridgehead atoms. The maximum atomic E-state index is 13.6. The lowest BCUT2D eigenvalue weighted by molar-refractivity contribution is 0.0970. The lowest BCUT2D eigenvalue weighted by atomic mass is 9.98. The third kappa shape index (κ3) is 3.28. The van der Waals surface area contributed by atoms with E-state index in [1.807, 2.05) is 6.07 Å². The number of ether oxygens (including phenoxy) is 1. The number of hydrogen-bond donors (Lipinski definition) is 0. The normalized spacial score (nSPS) is 15.2. The summed E-state index contributed by atoms with van der Waals surface area (Å²) in [6.07, 6.45) is 1.64. The highest BCUT2D eigenvalue weighted by Gasteiger charge is 2.45. The van der Waals surface area contributed by atoms with E-state index in [2.05, 4.69) is 16.8 Å². The first kappa shape index (κ1) is 20.4. The van der Waals surface area contributed by atoms with Crippen molar-refractivity contribution in [3.63, 3.8) is 0 Å². The fourth-order valence-corrected chi connectivity index (χ4v) is 4.66. The molecule has 0 N–H and O–H groups in total. The van der Waals surface area contributed by atoms with Crippen molar-refractivity contribution in [2.75, 3.05) is 11.5 Å². The number of rotatable bonds is 5. The van der Waals surface area contributed by atoms with Gasteiger partial charge in [0.2, 0.25) is 10.9 Å². The van der Waals surface area contributed by atoms with E-state index in [9.17, 15) is 9.59 Å². The Labute approximate surface area is 191 Å². The Kier molecular flexibility index (Phi) is 5.03. The molecule has 0 saturated carbocycles. The van der Waals surface area contributed by atoms with Gasteiger partial charge in [0.25, 0.3) is 5.91 Å². The van der Waals surface area contributed by atoms with Crippen molar-refractivity contribution in [2.45, 2.75) is 13.0 Å². The van der Waals surface area contributed by atoms with Crippen LogP contribution in [-0.4, -0.2) is 22.7 Å². The zero-order valence-electron chi connectivity index (χ0n) is 16.9. The Bertz CT molecular complexity index is 1440. The number of aromatic nitrogens is 2. The van der Waals surface area contributed by atoms with Crippen molar-refractivity contribution in [1.29, 1.82) is 0 Å². The second kappa shape index (κ2) is 7.89. The molecule has 0 saturated heterocycles. The summed E-state index contributed by atoms with van der Waals surface area (Å²) in [5.41, 5.74) is 0.894. The predicted molar refractivity (Wildman–Crippen MR) is 123 cm³/mol. The van der Waals surface area contributed by atoms with Crippen LogP contribution in [0.5, 0.6) is 5.75 Å². The summed E-state index contributed by atoms with van der Waals surface area (Å²) >= 11 is 7.38. The van der Waals surface area contributed by atoms with Gasteiger partial charge in [-0.2, -0.15) is 0 Å². The molecule has 1 atom stereocenters. The number of fused-ring (bicyclic) bond motifs is 2. The molecule has 9 heteroatoms. The molecule has 2 aromatic carbocycles. The zero-order valence-corrected chi connectivity index (χ0v) is 18.4. The zero-order chi connectivity index (χ0) is 22.4. The molecule has 1 aliphatic heterocycles. The van der Waals surface area contributed by atoms with Crippen LogP contribution in [0.25, 0.3) is 11.0 Å². The fraction of sp³-hybridized carbons (Fsp3) is 0.130. The average molecular weight is 466 g/mol. The van der Waals surface area contributed by atoms with Crippen LogP contribution < -0.4 is 15.1 Å². The molecule has 0 fully saturated rings. The van der Waals surface area contributed by atoms with Crippen molar-refractivity contribution in [1.82, 2.24) is 10.2 Å². The number of halogens is 1. The Morgan fingerprint density at radius 2 is 2.09 bits per heavy atom. The smallest absolute Gasteiger partial charge is 0.297 e. The Morgan fingerprint density at radius 1 is 1.25 bits per heavy atom. The molecule has 0 aliphatic carbocycles. The van der Waals surface area contributed by atoms with Gasteiger partial charge in [-0.05, 0) is 42.8 Å². The van der Waals surface area contributed by atoms with E-state index in [1.165, 1.54) is 16.2 Å². The highest BCUT2D eigenvalue weighted by molar-refractivity contribution is 7.15. The molecule has 2 aromatic heterocycles. The van der Waals surface area contributed by atoms with Gasteiger partial charge in [-0.3, -0.25) is 14.5 Å². The third-order valence-electron chi connectivity index (χ3n) is 5.10. The molecule has 4 aromatic rings. The summed E-state index contributed by atoms with van der Waals surface area (Å²) in [7, 11) is 0. The van der Waals surface area contributed by atoms with Gasteiger partial charge in [0.1, 0.15) is 22.9 Å². The van der Waals surface area contributed by atoms with E-state index in [0.717, 1.165) is 0 Å². The Morgan fingerprint density at radius 3 is 2.84 bits per heavy atom. The van der Waals surface area contributed by atoms with Crippen LogP contribution in [0.2, 0.25) is 5.02 Å². The van der Waals surface area contributed by atoms with Gasteiger partial charge in [0.15, 0.2) is 5.43 Å². The van der Waals surface area contributed by atoms with Gasteiger partial charge in [-0.1, -0.05) is 47.7 Å². The minimum absolute atomic E-state index is 0.0138. The number of carbonyl (C=O) groups excluding carboxylic acids is 1. The Hall–Kier alpha value is -3.49. The monoisotopic (exact) mass is 465 g/mol. The molecular formula is C23H16ClN3O4S. The number of aryl methyl sites for hydroxylation is 1. The molecule has 0 spiro atoms. The van der Waals surface area contributed by atoms with E-state index in [-0.39, 0.29) is 16.8 Å². The summed E-state index contributed by atoms with van der Waals surface area (Å²) < 4.78 is 11.6. The molecule has 5 rings (SSSR count). The maximum absolute atomic E-state index is 13.6. The summed E-state index contributed by atoms with van der Waals surface area (Å²) in [6.45, 7) is 5.79. The molecule has 32 heavy (non-hydrogen) atoms. The van der Waals surface area contributed by atoms with Crippen LogP contribution in [-0.2, 0) is 0 Å². The van der Waals surface area contributed by atoms with Crippen LogP contribution in [0.3, 0.4) is 0 Å². The van der Waals surface area contributed by atoms with Crippen molar-refractivity contribution >= 4 is 44.9 Å². The van der Waals surface area contributed by atoms with Crippen molar-refractivity contribution in [3.05, 3.63) is 92.3 Å². The second-order valence-electron chi connectivity index (χ2n) is 7.17. The number of nitrogens with zero attached hydrogens (tertiary/aromatic N) is 3. The fourth-order valence-electron chi connectivity index (χ4n) is 3.77. The van der Waals surface area contributed by atoms with E-state index in [0.29, 0.717) is 44.1 Å². The van der Waals surface area contributed by atoms with Gasteiger partial charge < -0.3 is 9.15 Å². The lowest BCUT2D eigenvalue weighted by Gasteiger charge is -2.22. The summed E-state index contributed by atoms with van der Waals surface area (Å²) in [6, 6.07) is 11.2. The number of anilines is 1.